The van der Waals surface area contributed by atoms with Crippen molar-refractivity contribution in [3.8, 4) is 0 Å². The van der Waals surface area contributed by atoms with E-state index in [0.717, 1.165) is 11.3 Å². The molecule has 5 heteroatoms. The first-order chi connectivity index (χ1) is 13.4. The fraction of sp³-hybridized carbons (Fsp3) is 0.130. The van der Waals surface area contributed by atoms with Crippen molar-refractivity contribution < 1.29 is 14.0 Å². The van der Waals surface area contributed by atoms with Crippen molar-refractivity contribution in [1.82, 2.24) is 0 Å². The lowest BCUT2D eigenvalue weighted by molar-refractivity contribution is 0.102. The van der Waals surface area contributed by atoms with E-state index in [4.69, 9.17) is 0 Å². The second kappa shape index (κ2) is 8.48. The summed E-state index contributed by atoms with van der Waals surface area (Å²) in [6, 6.07) is 19.6. The van der Waals surface area contributed by atoms with E-state index in [9.17, 15) is 14.0 Å². The molecule has 2 amide bonds. The first-order valence-electron chi connectivity index (χ1n) is 9.01. The molecule has 142 valence electrons. The van der Waals surface area contributed by atoms with Crippen LogP contribution in [0.1, 0.15) is 46.0 Å². The molecule has 0 bridgehead atoms. The maximum absolute atomic E-state index is 13.0. The van der Waals surface area contributed by atoms with E-state index in [0.29, 0.717) is 16.8 Å². The quantitative estimate of drug-likeness (QED) is 0.622. The molecule has 0 fully saturated rings. The zero-order chi connectivity index (χ0) is 20.1. The van der Waals surface area contributed by atoms with E-state index < -0.39 is 0 Å². The van der Waals surface area contributed by atoms with Crippen LogP contribution in [0.15, 0.2) is 72.8 Å². The Morgan fingerprint density at radius 3 is 2.04 bits per heavy atom. The van der Waals surface area contributed by atoms with Crippen molar-refractivity contribution in [2.45, 2.75) is 19.8 Å². The Bertz CT molecular complexity index is 997. The zero-order valence-corrected chi connectivity index (χ0v) is 15.7. The van der Waals surface area contributed by atoms with Crippen LogP contribution in [0, 0.1) is 5.82 Å². The van der Waals surface area contributed by atoms with Crippen molar-refractivity contribution in [1.29, 1.82) is 0 Å². The van der Waals surface area contributed by atoms with Crippen LogP contribution in [-0.4, -0.2) is 11.8 Å². The lowest BCUT2D eigenvalue weighted by Gasteiger charge is -2.14. The maximum atomic E-state index is 13.0. The summed E-state index contributed by atoms with van der Waals surface area (Å²) in [5.41, 5.74) is 3.00. The van der Waals surface area contributed by atoms with Crippen LogP contribution >= 0.6 is 0 Å². The molecule has 0 aliphatic carbocycles. The molecular weight excluding hydrogens is 355 g/mol. The Labute approximate surface area is 163 Å². The van der Waals surface area contributed by atoms with Crippen molar-refractivity contribution in [3.05, 3.63) is 95.3 Å². The van der Waals surface area contributed by atoms with Gasteiger partial charge in [-0.15, -0.1) is 0 Å². The molecule has 4 nitrogen and oxygen atoms in total. The zero-order valence-electron chi connectivity index (χ0n) is 15.7. The van der Waals surface area contributed by atoms with Crippen molar-refractivity contribution >= 4 is 23.2 Å². The van der Waals surface area contributed by atoms with Crippen LogP contribution in [0.3, 0.4) is 0 Å². The number of nitrogens with one attached hydrogen (secondary N) is 2. The van der Waals surface area contributed by atoms with Gasteiger partial charge in [-0.1, -0.05) is 38.1 Å². The van der Waals surface area contributed by atoms with Crippen molar-refractivity contribution in [2.24, 2.45) is 0 Å². The molecule has 0 unspecified atom stereocenters. The molecule has 0 saturated carbocycles. The molecule has 2 N–H and O–H groups in total. The molecule has 0 aliphatic rings. The van der Waals surface area contributed by atoms with Gasteiger partial charge in [0.1, 0.15) is 5.82 Å². The first kappa shape index (κ1) is 19.3. The number of para-hydroxylation sites is 1. The Morgan fingerprint density at radius 1 is 0.786 bits per heavy atom. The highest BCUT2D eigenvalue weighted by Gasteiger charge is 2.13. The van der Waals surface area contributed by atoms with Gasteiger partial charge in [0.25, 0.3) is 11.8 Å². The number of amides is 2. The molecular formula is C23H21FN2O2. The fourth-order valence-corrected chi connectivity index (χ4v) is 2.85. The standard InChI is InChI=1S/C23H21FN2O2/c1-15(2)20-8-3-4-9-21(20)26-23(28)17-7-5-6-16(14-17)22(27)25-19-12-10-18(24)11-13-19/h3-15H,1-2H3,(H,25,27)(H,26,28). The Balaban J connectivity index is 1.76. The third-order valence-electron chi connectivity index (χ3n) is 4.32. The van der Waals surface area contributed by atoms with E-state index in [1.54, 1.807) is 18.2 Å². The normalized spacial score (nSPS) is 10.6. The minimum absolute atomic E-state index is 0.268. The molecule has 0 aromatic heterocycles. The number of anilines is 2. The molecule has 3 aromatic carbocycles. The topological polar surface area (TPSA) is 58.2 Å². The van der Waals surface area contributed by atoms with Gasteiger partial charge in [-0.3, -0.25) is 9.59 Å². The van der Waals surface area contributed by atoms with Crippen LogP contribution in [0.5, 0.6) is 0 Å². The summed E-state index contributed by atoms with van der Waals surface area (Å²) in [7, 11) is 0. The predicted octanol–water partition coefficient (Wildman–Crippen LogP) is 5.45. The Morgan fingerprint density at radius 2 is 1.39 bits per heavy atom. The number of hydrogen-bond donors (Lipinski definition) is 2. The van der Waals surface area contributed by atoms with E-state index in [-0.39, 0.29) is 23.5 Å². The molecule has 0 saturated heterocycles. The third-order valence-corrected chi connectivity index (χ3v) is 4.32. The van der Waals surface area contributed by atoms with Gasteiger partial charge in [-0.05, 0) is 60.0 Å². The van der Waals surface area contributed by atoms with Gasteiger partial charge < -0.3 is 10.6 Å². The lowest BCUT2D eigenvalue weighted by Crippen LogP contribution is -2.16. The number of rotatable bonds is 5. The van der Waals surface area contributed by atoms with Crippen LogP contribution in [0.25, 0.3) is 0 Å². The molecule has 0 aliphatic heterocycles. The summed E-state index contributed by atoms with van der Waals surface area (Å²) in [6.07, 6.45) is 0. The summed E-state index contributed by atoms with van der Waals surface area (Å²) in [4.78, 5) is 25.1. The maximum Gasteiger partial charge on any atom is 0.255 e. The Kier molecular flexibility index (Phi) is 5.84. The highest BCUT2D eigenvalue weighted by molar-refractivity contribution is 6.08. The fourth-order valence-electron chi connectivity index (χ4n) is 2.85. The van der Waals surface area contributed by atoms with Gasteiger partial charge in [0.15, 0.2) is 0 Å². The van der Waals surface area contributed by atoms with Crippen LogP contribution in [-0.2, 0) is 0 Å². The van der Waals surface area contributed by atoms with Gasteiger partial charge in [0.2, 0.25) is 0 Å². The van der Waals surface area contributed by atoms with E-state index >= 15 is 0 Å². The second-order valence-corrected chi connectivity index (χ2v) is 6.74. The Hall–Kier alpha value is -3.47. The number of carbonyl (C=O) groups is 2. The van der Waals surface area contributed by atoms with E-state index in [2.05, 4.69) is 24.5 Å². The van der Waals surface area contributed by atoms with Gasteiger partial charge in [0, 0.05) is 22.5 Å². The minimum atomic E-state index is -0.377. The summed E-state index contributed by atoms with van der Waals surface area (Å²) in [5, 5.41) is 5.61. The van der Waals surface area contributed by atoms with Crippen LogP contribution in [0.4, 0.5) is 15.8 Å². The van der Waals surface area contributed by atoms with Gasteiger partial charge >= 0.3 is 0 Å². The number of halogens is 1. The summed E-state index contributed by atoms with van der Waals surface area (Å²) in [6.45, 7) is 4.12. The summed E-state index contributed by atoms with van der Waals surface area (Å²) >= 11 is 0. The largest absolute Gasteiger partial charge is 0.322 e. The summed E-state index contributed by atoms with van der Waals surface area (Å²) in [5.74, 6) is -0.768. The van der Waals surface area contributed by atoms with E-state index in [1.807, 2.05) is 24.3 Å². The second-order valence-electron chi connectivity index (χ2n) is 6.74. The number of hydrogen-bond acceptors (Lipinski definition) is 2. The number of benzene rings is 3. The molecule has 0 radical (unpaired) electrons. The van der Waals surface area contributed by atoms with Gasteiger partial charge in [-0.2, -0.15) is 0 Å². The summed E-state index contributed by atoms with van der Waals surface area (Å²) < 4.78 is 13.0. The molecule has 0 heterocycles. The van der Waals surface area contributed by atoms with Crippen LogP contribution in [0.2, 0.25) is 0 Å². The average molecular weight is 376 g/mol. The number of carbonyl (C=O) groups excluding carboxylic acids is 2. The van der Waals surface area contributed by atoms with Gasteiger partial charge in [0.05, 0.1) is 0 Å². The smallest absolute Gasteiger partial charge is 0.255 e. The van der Waals surface area contributed by atoms with Crippen LogP contribution < -0.4 is 10.6 Å². The van der Waals surface area contributed by atoms with Crippen molar-refractivity contribution in [2.75, 3.05) is 10.6 Å². The third kappa shape index (κ3) is 4.62. The highest BCUT2D eigenvalue weighted by atomic mass is 19.1. The monoisotopic (exact) mass is 376 g/mol. The highest BCUT2D eigenvalue weighted by Crippen LogP contribution is 2.24. The molecule has 28 heavy (non-hydrogen) atoms. The minimum Gasteiger partial charge on any atom is -0.322 e. The molecule has 0 spiro atoms. The van der Waals surface area contributed by atoms with Gasteiger partial charge in [-0.25, -0.2) is 4.39 Å². The van der Waals surface area contributed by atoms with E-state index in [1.165, 1.54) is 30.3 Å². The van der Waals surface area contributed by atoms with Crippen molar-refractivity contribution in [3.63, 3.8) is 0 Å². The average Bonchev–Trinajstić information content (AvgIpc) is 2.70. The first-order valence-corrected chi connectivity index (χ1v) is 9.01. The predicted molar refractivity (Wildman–Crippen MR) is 109 cm³/mol. The molecule has 3 aromatic rings. The SMILES string of the molecule is CC(C)c1ccccc1NC(=O)c1cccc(C(=O)Nc2ccc(F)cc2)c1. The molecule has 0 atom stereocenters. The molecule has 3 rings (SSSR count). The lowest BCUT2D eigenvalue weighted by atomic mass is 10.0.